The zero-order valence-corrected chi connectivity index (χ0v) is 10.4. The summed E-state index contributed by atoms with van der Waals surface area (Å²) in [5, 5.41) is 8.04. The molecule has 0 saturated heterocycles. The highest BCUT2D eigenvalue weighted by Gasteiger charge is 2.00. The van der Waals surface area contributed by atoms with Crippen molar-refractivity contribution < 1.29 is 0 Å². The molecule has 3 rings (SSSR count). The van der Waals surface area contributed by atoms with Crippen LogP contribution in [-0.2, 0) is 0 Å². The molecular formula is C12H9N5S. The van der Waals surface area contributed by atoms with Gasteiger partial charge in [0.25, 0.3) is 0 Å². The molecule has 0 aliphatic carbocycles. The van der Waals surface area contributed by atoms with E-state index in [1.165, 1.54) is 11.3 Å². The summed E-state index contributed by atoms with van der Waals surface area (Å²) in [5.74, 6) is 6.11. The maximum absolute atomic E-state index is 4.23. The summed E-state index contributed by atoms with van der Waals surface area (Å²) >= 11 is 1.51. The molecule has 0 radical (unpaired) electrons. The third-order valence-electron chi connectivity index (χ3n) is 2.31. The first-order chi connectivity index (χ1) is 8.86. The molecule has 6 heteroatoms. The highest BCUT2D eigenvalue weighted by atomic mass is 32.1. The molecule has 0 unspecified atom stereocenters. The van der Waals surface area contributed by atoms with E-state index in [4.69, 9.17) is 0 Å². The summed E-state index contributed by atoms with van der Waals surface area (Å²) < 4.78 is 1.72. The Labute approximate surface area is 108 Å². The van der Waals surface area contributed by atoms with Crippen molar-refractivity contribution in [1.29, 1.82) is 0 Å². The summed E-state index contributed by atoms with van der Waals surface area (Å²) in [7, 11) is 1.84. The molecule has 18 heavy (non-hydrogen) atoms. The normalized spacial score (nSPS) is 10.1. The van der Waals surface area contributed by atoms with Gasteiger partial charge in [0.05, 0.1) is 17.3 Å². The van der Waals surface area contributed by atoms with Crippen LogP contribution in [0.25, 0.3) is 5.65 Å². The van der Waals surface area contributed by atoms with Crippen LogP contribution < -0.4 is 5.32 Å². The van der Waals surface area contributed by atoms with Crippen LogP contribution in [0.15, 0.2) is 30.7 Å². The number of nitrogens with one attached hydrogen (secondary N) is 1. The van der Waals surface area contributed by atoms with Gasteiger partial charge in [-0.05, 0) is 24.0 Å². The van der Waals surface area contributed by atoms with Gasteiger partial charge in [0.15, 0.2) is 10.8 Å². The first-order valence-corrected chi connectivity index (χ1v) is 6.13. The number of imidazole rings is 1. The number of fused-ring (bicyclic) bond motifs is 1. The highest BCUT2D eigenvalue weighted by molar-refractivity contribution is 7.16. The van der Waals surface area contributed by atoms with E-state index >= 15 is 0 Å². The minimum atomic E-state index is 0.769. The van der Waals surface area contributed by atoms with Crippen LogP contribution in [0.5, 0.6) is 0 Å². The molecule has 1 N–H and O–H groups in total. The predicted octanol–water partition coefficient (Wildman–Crippen LogP) is 1.63. The van der Waals surface area contributed by atoms with E-state index in [1.807, 2.05) is 19.2 Å². The van der Waals surface area contributed by atoms with Crippen molar-refractivity contribution in [2.24, 2.45) is 0 Å². The fourth-order valence-electron chi connectivity index (χ4n) is 1.49. The van der Waals surface area contributed by atoms with Crippen molar-refractivity contribution in [2.75, 3.05) is 12.4 Å². The summed E-state index contributed by atoms with van der Waals surface area (Å²) in [5.41, 5.74) is 1.56. The lowest BCUT2D eigenvalue weighted by Gasteiger charge is -1.90. The van der Waals surface area contributed by atoms with E-state index in [-0.39, 0.29) is 0 Å². The summed E-state index contributed by atoms with van der Waals surface area (Å²) in [4.78, 5) is 9.30. The fraction of sp³-hybridized carbons (Fsp3) is 0.0833. The zero-order valence-electron chi connectivity index (χ0n) is 9.58. The Morgan fingerprint density at radius 2 is 2.22 bits per heavy atom. The Hall–Kier alpha value is -2.39. The lowest BCUT2D eigenvalue weighted by atomic mass is 10.4. The molecule has 0 fully saturated rings. The minimum Gasteiger partial charge on any atom is -0.365 e. The summed E-state index contributed by atoms with van der Waals surface area (Å²) in [6.45, 7) is 0. The van der Waals surface area contributed by atoms with E-state index in [0.29, 0.717) is 0 Å². The van der Waals surface area contributed by atoms with Gasteiger partial charge in [0.2, 0.25) is 0 Å². The molecule has 0 saturated carbocycles. The molecule has 5 nitrogen and oxygen atoms in total. The maximum atomic E-state index is 4.23. The Morgan fingerprint density at radius 3 is 3.06 bits per heavy atom. The lowest BCUT2D eigenvalue weighted by molar-refractivity contribution is 0.923. The molecule has 0 atom stereocenters. The Morgan fingerprint density at radius 1 is 1.28 bits per heavy atom. The number of anilines is 1. The summed E-state index contributed by atoms with van der Waals surface area (Å²) in [6, 6.07) is 3.74. The van der Waals surface area contributed by atoms with Gasteiger partial charge in [0.1, 0.15) is 5.69 Å². The van der Waals surface area contributed by atoms with Crippen molar-refractivity contribution in [2.45, 2.75) is 0 Å². The highest BCUT2D eigenvalue weighted by Crippen LogP contribution is 2.15. The monoisotopic (exact) mass is 255 g/mol. The molecular weight excluding hydrogens is 246 g/mol. The average Bonchev–Trinajstić information content (AvgIpc) is 3.03. The minimum absolute atomic E-state index is 0.769. The average molecular weight is 255 g/mol. The standard InChI is InChI=1S/C12H9N5S/c1-13-12-15-8-10(18-12)5-4-9-7-14-11-3-2-6-16-17(9)11/h2-3,6-8H,1H3,(H,13,15). The van der Waals surface area contributed by atoms with E-state index in [9.17, 15) is 0 Å². The van der Waals surface area contributed by atoms with E-state index in [2.05, 4.69) is 32.2 Å². The van der Waals surface area contributed by atoms with Gasteiger partial charge in [-0.3, -0.25) is 0 Å². The van der Waals surface area contributed by atoms with Gasteiger partial charge in [0, 0.05) is 13.2 Å². The van der Waals surface area contributed by atoms with Gasteiger partial charge >= 0.3 is 0 Å². The van der Waals surface area contributed by atoms with Gasteiger partial charge in [-0.2, -0.15) is 5.10 Å². The molecule has 88 valence electrons. The number of aromatic nitrogens is 4. The molecule has 0 amide bonds. The summed E-state index contributed by atoms with van der Waals surface area (Å²) in [6.07, 6.45) is 5.18. The fourth-order valence-corrected chi connectivity index (χ4v) is 2.11. The van der Waals surface area contributed by atoms with Gasteiger partial charge < -0.3 is 5.32 Å². The molecule has 3 heterocycles. The first-order valence-electron chi connectivity index (χ1n) is 5.31. The second kappa shape index (κ2) is 4.47. The van der Waals surface area contributed by atoms with Crippen molar-refractivity contribution in [1.82, 2.24) is 19.6 Å². The van der Waals surface area contributed by atoms with Crippen LogP contribution in [0.2, 0.25) is 0 Å². The molecule has 0 bridgehead atoms. The quantitative estimate of drug-likeness (QED) is 0.671. The topological polar surface area (TPSA) is 55.1 Å². The zero-order chi connectivity index (χ0) is 12.4. The largest absolute Gasteiger partial charge is 0.365 e. The lowest BCUT2D eigenvalue weighted by Crippen LogP contribution is -1.92. The van der Waals surface area contributed by atoms with E-state index in [0.717, 1.165) is 21.3 Å². The third kappa shape index (κ3) is 1.92. The molecule has 0 spiro atoms. The Bertz CT molecular complexity index is 746. The molecule has 3 aromatic heterocycles. The van der Waals surface area contributed by atoms with E-state index in [1.54, 1.807) is 23.1 Å². The Kier molecular flexibility index (Phi) is 2.67. The van der Waals surface area contributed by atoms with Crippen molar-refractivity contribution in [3.63, 3.8) is 0 Å². The SMILES string of the molecule is CNc1ncc(C#Cc2cnc3cccnn23)s1. The smallest absolute Gasteiger partial charge is 0.183 e. The van der Waals surface area contributed by atoms with Crippen LogP contribution in [0.3, 0.4) is 0 Å². The number of hydrogen-bond acceptors (Lipinski definition) is 5. The van der Waals surface area contributed by atoms with Crippen LogP contribution in [0, 0.1) is 11.8 Å². The Balaban J connectivity index is 1.97. The van der Waals surface area contributed by atoms with Crippen molar-refractivity contribution in [3.8, 4) is 11.8 Å². The third-order valence-corrected chi connectivity index (χ3v) is 3.24. The van der Waals surface area contributed by atoms with Crippen molar-refractivity contribution >= 4 is 22.1 Å². The number of rotatable bonds is 1. The van der Waals surface area contributed by atoms with Crippen LogP contribution in [0.4, 0.5) is 5.13 Å². The number of thiazole rings is 1. The maximum Gasteiger partial charge on any atom is 0.183 e. The second-order valence-electron chi connectivity index (χ2n) is 3.47. The van der Waals surface area contributed by atoms with Gasteiger partial charge in [-0.15, -0.1) is 0 Å². The van der Waals surface area contributed by atoms with Gasteiger partial charge in [-0.25, -0.2) is 14.5 Å². The van der Waals surface area contributed by atoms with Crippen LogP contribution in [0.1, 0.15) is 10.6 Å². The van der Waals surface area contributed by atoms with E-state index < -0.39 is 0 Å². The number of hydrogen-bond donors (Lipinski definition) is 1. The molecule has 0 aliphatic rings. The van der Waals surface area contributed by atoms with Gasteiger partial charge in [-0.1, -0.05) is 11.3 Å². The molecule has 0 aromatic carbocycles. The predicted molar refractivity (Wildman–Crippen MR) is 70.6 cm³/mol. The van der Waals surface area contributed by atoms with Crippen molar-refractivity contribution in [3.05, 3.63) is 41.3 Å². The second-order valence-corrected chi connectivity index (χ2v) is 4.50. The first kappa shape index (κ1) is 10.7. The van der Waals surface area contributed by atoms with Crippen LogP contribution in [-0.4, -0.2) is 26.6 Å². The van der Waals surface area contributed by atoms with Crippen LogP contribution >= 0.6 is 11.3 Å². The molecule has 3 aromatic rings. The molecule has 0 aliphatic heterocycles. The number of nitrogens with zero attached hydrogens (tertiary/aromatic N) is 4.